The second-order valence-electron chi connectivity index (χ2n) is 5.97. The zero-order chi connectivity index (χ0) is 19.9. The number of ether oxygens (including phenoxy) is 1. The molecular weight excluding hydrogens is 396 g/mol. The van der Waals surface area contributed by atoms with Crippen LogP contribution in [0, 0.1) is 0 Å². The third-order valence-electron chi connectivity index (χ3n) is 4.25. The van der Waals surface area contributed by atoms with E-state index in [0.717, 1.165) is 17.0 Å². The fourth-order valence-corrected chi connectivity index (χ4v) is 3.70. The van der Waals surface area contributed by atoms with Crippen LogP contribution in [0.2, 0.25) is 5.02 Å². The quantitative estimate of drug-likeness (QED) is 0.518. The first kappa shape index (κ1) is 20.2. The average Bonchev–Trinajstić information content (AvgIpc) is 3.20. The van der Waals surface area contributed by atoms with Crippen molar-refractivity contribution >= 4 is 29.3 Å². The zero-order valence-electron chi connectivity index (χ0n) is 15.7. The first-order valence-electron chi connectivity index (χ1n) is 8.80. The summed E-state index contributed by atoms with van der Waals surface area (Å²) >= 11 is 7.58. The van der Waals surface area contributed by atoms with Gasteiger partial charge < -0.3 is 9.64 Å². The predicted octanol–water partition coefficient (Wildman–Crippen LogP) is 4.07. The molecule has 0 spiro atoms. The van der Waals surface area contributed by atoms with Crippen LogP contribution in [0.15, 0.2) is 60.0 Å². The highest BCUT2D eigenvalue weighted by Crippen LogP contribution is 2.23. The van der Waals surface area contributed by atoms with Gasteiger partial charge in [-0.25, -0.2) is 0 Å². The molecule has 3 rings (SSSR count). The highest BCUT2D eigenvalue weighted by Gasteiger charge is 2.16. The van der Waals surface area contributed by atoms with E-state index in [4.69, 9.17) is 16.3 Å². The molecule has 2 aromatic carbocycles. The van der Waals surface area contributed by atoms with Gasteiger partial charge in [-0.3, -0.25) is 9.36 Å². The van der Waals surface area contributed by atoms with Crippen LogP contribution in [-0.4, -0.2) is 45.0 Å². The van der Waals surface area contributed by atoms with Crippen molar-refractivity contribution in [2.45, 2.75) is 18.6 Å². The molecule has 0 aliphatic heterocycles. The van der Waals surface area contributed by atoms with E-state index < -0.39 is 0 Å². The van der Waals surface area contributed by atoms with Gasteiger partial charge in [0.05, 0.1) is 12.9 Å². The third-order valence-corrected chi connectivity index (χ3v) is 5.54. The molecule has 0 atom stereocenters. The van der Waals surface area contributed by atoms with Crippen molar-refractivity contribution in [1.82, 2.24) is 19.7 Å². The molecule has 6 nitrogen and oxygen atoms in total. The highest BCUT2D eigenvalue weighted by atomic mass is 35.5. The molecule has 0 bridgehead atoms. The topological polar surface area (TPSA) is 60.2 Å². The van der Waals surface area contributed by atoms with Gasteiger partial charge in [0.2, 0.25) is 5.91 Å². The molecule has 28 heavy (non-hydrogen) atoms. The Labute approximate surface area is 173 Å². The summed E-state index contributed by atoms with van der Waals surface area (Å²) in [5.41, 5.74) is 1.84. The molecule has 1 amide bonds. The molecule has 0 saturated heterocycles. The van der Waals surface area contributed by atoms with Crippen LogP contribution in [0.5, 0.6) is 5.75 Å². The number of aromatic nitrogens is 3. The van der Waals surface area contributed by atoms with E-state index in [1.807, 2.05) is 60.0 Å². The minimum absolute atomic E-state index is 0.0247. The number of benzene rings is 2. The fourth-order valence-electron chi connectivity index (χ4n) is 2.67. The van der Waals surface area contributed by atoms with Gasteiger partial charge in [0.15, 0.2) is 5.16 Å². The van der Waals surface area contributed by atoms with E-state index >= 15 is 0 Å². The minimum atomic E-state index is 0.0247. The van der Waals surface area contributed by atoms with Gasteiger partial charge in [0.1, 0.15) is 12.1 Å². The number of carbonyl (C=O) groups excluding carboxylic acids is 1. The summed E-state index contributed by atoms with van der Waals surface area (Å²) in [6.07, 6.45) is 1.63. The summed E-state index contributed by atoms with van der Waals surface area (Å²) in [6.45, 7) is 3.05. The lowest BCUT2D eigenvalue weighted by molar-refractivity contribution is -0.128. The van der Waals surface area contributed by atoms with Crippen molar-refractivity contribution in [3.8, 4) is 11.4 Å². The molecule has 0 unspecified atom stereocenters. The summed E-state index contributed by atoms with van der Waals surface area (Å²) in [7, 11) is 1.63. The lowest BCUT2D eigenvalue weighted by atomic mass is 10.2. The van der Waals surface area contributed by atoms with E-state index in [2.05, 4.69) is 10.2 Å². The number of carbonyl (C=O) groups is 1. The Balaban J connectivity index is 1.65. The van der Waals surface area contributed by atoms with Gasteiger partial charge in [0.25, 0.3) is 0 Å². The largest absolute Gasteiger partial charge is 0.497 e. The zero-order valence-corrected chi connectivity index (χ0v) is 17.3. The Morgan fingerprint density at radius 3 is 2.64 bits per heavy atom. The Bertz CT molecular complexity index is 930. The maximum absolute atomic E-state index is 12.7. The van der Waals surface area contributed by atoms with Crippen LogP contribution >= 0.6 is 23.4 Å². The van der Waals surface area contributed by atoms with Crippen molar-refractivity contribution in [2.75, 3.05) is 19.4 Å². The second kappa shape index (κ2) is 9.61. The van der Waals surface area contributed by atoms with Crippen molar-refractivity contribution in [3.05, 3.63) is 65.4 Å². The fraction of sp³-hybridized carbons (Fsp3) is 0.250. The van der Waals surface area contributed by atoms with Gasteiger partial charge in [-0.05, 0) is 42.8 Å². The Kier molecular flexibility index (Phi) is 6.95. The summed E-state index contributed by atoms with van der Waals surface area (Å²) in [5.74, 6) is 1.07. The standard InChI is InChI=1S/C20H21ClN4O2S/c1-3-24(12-15-6-4-5-7-18(15)21)19(26)13-28-20-23-22-14-25(20)16-8-10-17(27-2)11-9-16/h4-11,14H,3,12-13H2,1-2H3. The molecule has 8 heteroatoms. The number of thioether (sulfide) groups is 1. The second-order valence-corrected chi connectivity index (χ2v) is 7.32. The van der Waals surface area contributed by atoms with Crippen LogP contribution in [0.25, 0.3) is 5.69 Å². The lowest BCUT2D eigenvalue weighted by Gasteiger charge is -2.21. The number of hydrogen-bond acceptors (Lipinski definition) is 5. The first-order chi connectivity index (χ1) is 13.6. The van der Waals surface area contributed by atoms with Gasteiger partial charge in [0, 0.05) is 23.8 Å². The molecule has 0 aliphatic carbocycles. The maximum atomic E-state index is 12.7. The lowest BCUT2D eigenvalue weighted by Crippen LogP contribution is -2.31. The van der Waals surface area contributed by atoms with Crippen LogP contribution in [0.3, 0.4) is 0 Å². The average molecular weight is 417 g/mol. The Morgan fingerprint density at radius 1 is 1.21 bits per heavy atom. The molecular formula is C20H21ClN4O2S. The smallest absolute Gasteiger partial charge is 0.233 e. The molecule has 0 fully saturated rings. The molecule has 0 radical (unpaired) electrons. The van der Waals surface area contributed by atoms with Crippen LogP contribution in [0.1, 0.15) is 12.5 Å². The van der Waals surface area contributed by atoms with Gasteiger partial charge in [-0.15, -0.1) is 10.2 Å². The molecule has 3 aromatic rings. The van der Waals surface area contributed by atoms with Gasteiger partial charge >= 0.3 is 0 Å². The Hall–Kier alpha value is -2.51. The van der Waals surface area contributed by atoms with E-state index in [1.165, 1.54) is 11.8 Å². The summed E-state index contributed by atoms with van der Waals surface area (Å²) in [5, 5.41) is 9.45. The van der Waals surface area contributed by atoms with E-state index in [0.29, 0.717) is 23.3 Å². The molecule has 146 valence electrons. The monoisotopic (exact) mass is 416 g/mol. The summed E-state index contributed by atoms with van der Waals surface area (Å²) < 4.78 is 7.04. The maximum Gasteiger partial charge on any atom is 0.233 e. The minimum Gasteiger partial charge on any atom is -0.497 e. The van der Waals surface area contributed by atoms with E-state index in [-0.39, 0.29) is 11.7 Å². The molecule has 1 heterocycles. The van der Waals surface area contributed by atoms with Crippen molar-refractivity contribution in [3.63, 3.8) is 0 Å². The van der Waals surface area contributed by atoms with E-state index in [1.54, 1.807) is 18.3 Å². The number of rotatable bonds is 8. The van der Waals surface area contributed by atoms with Crippen LogP contribution in [0.4, 0.5) is 0 Å². The molecule has 0 aliphatic rings. The third kappa shape index (κ3) is 4.85. The number of amides is 1. The van der Waals surface area contributed by atoms with Crippen molar-refractivity contribution < 1.29 is 9.53 Å². The first-order valence-corrected chi connectivity index (χ1v) is 10.2. The van der Waals surface area contributed by atoms with Crippen molar-refractivity contribution in [1.29, 1.82) is 0 Å². The number of hydrogen-bond donors (Lipinski definition) is 0. The van der Waals surface area contributed by atoms with Crippen molar-refractivity contribution in [2.24, 2.45) is 0 Å². The molecule has 0 saturated carbocycles. The Morgan fingerprint density at radius 2 is 1.96 bits per heavy atom. The molecule has 0 N–H and O–H groups in total. The predicted molar refractivity (Wildman–Crippen MR) is 111 cm³/mol. The highest BCUT2D eigenvalue weighted by molar-refractivity contribution is 7.99. The van der Waals surface area contributed by atoms with Crippen LogP contribution < -0.4 is 4.74 Å². The van der Waals surface area contributed by atoms with E-state index in [9.17, 15) is 4.79 Å². The van der Waals surface area contributed by atoms with Crippen LogP contribution in [-0.2, 0) is 11.3 Å². The van der Waals surface area contributed by atoms with Gasteiger partial charge in [-0.1, -0.05) is 41.6 Å². The number of halogens is 1. The summed E-state index contributed by atoms with van der Waals surface area (Å²) in [6, 6.07) is 15.2. The number of nitrogens with zero attached hydrogens (tertiary/aromatic N) is 4. The number of methoxy groups -OCH3 is 1. The SMILES string of the molecule is CCN(Cc1ccccc1Cl)C(=O)CSc1nncn1-c1ccc(OC)cc1. The summed E-state index contributed by atoms with van der Waals surface area (Å²) in [4.78, 5) is 14.5. The normalized spacial score (nSPS) is 10.7. The molecule has 1 aromatic heterocycles. The van der Waals surface area contributed by atoms with Gasteiger partial charge in [-0.2, -0.15) is 0 Å².